The van der Waals surface area contributed by atoms with Gasteiger partial charge in [-0.1, -0.05) is 50.6 Å². The Kier molecular flexibility index (Phi) is 5.39. The fourth-order valence-electron chi connectivity index (χ4n) is 1.74. The maximum atomic E-state index is 12.4. The summed E-state index contributed by atoms with van der Waals surface area (Å²) >= 11 is 6.13. The van der Waals surface area contributed by atoms with Crippen molar-refractivity contribution in [2.75, 3.05) is 6.54 Å². The van der Waals surface area contributed by atoms with Crippen molar-refractivity contribution in [2.24, 2.45) is 11.1 Å². The fourth-order valence-corrected chi connectivity index (χ4v) is 1.94. The standard InChI is InChI=1S/C15H23ClN2O/c1-5-18(14(19)13(17)15(2,3)4)10-11-8-6-7-9-12(11)16/h6-9,13H,5,10,17H2,1-4H3/t13-/m1/s1. The van der Waals surface area contributed by atoms with E-state index in [0.29, 0.717) is 18.1 Å². The van der Waals surface area contributed by atoms with Gasteiger partial charge in [-0.2, -0.15) is 0 Å². The third-order valence-electron chi connectivity index (χ3n) is 3.21. The molecule has 0 radical (unpaired) electrons. The first-order valence-electron chi connectivity index (χ1n) is 6.55. The molecule has 0 bridgehead atoms. The highest BCUT2D eigenvalue weighted by Gasteiger charge is 2.30. The van der Waals surface area contributed by atoms with Crippen LogP contribution in [0.5, 0.6) is 0 Å². The summed E-state index contributed by atoms with van der Waals surface area (Å²) in [5.41, 5.74) is 6.74. The minimum atomic E-state index is -0.505. The third-order valence-corrected chi connectivity index (χ3v) is 3.58. The van der Waals surface area contributed by atoms with Crippen LogP contribution in [0.25, 0.3) is 0 Å². The molecule has 106 valence electrons. The average molecular weight is 283 g/mol. The van der Waals surface area contributed by atoms with Crippen molar-refractivity contribution in [1.29, 1.82) is 0 Å². The maximum absolute atomic E-state index is 12.4. The van der Waals surface area contributed by atoms with Crippen LogP contribution in [-0.4, -0.2) is 23.4 Å². The van der Waals surface area contributed by atoms with Crippen molar-refractivity contribution in [2.45, 2.75) is 40.3 Å². The quantitative estimate of drug-likeness (QED) is 0.922. The smallest absolute Gasteiger partial charge is 0.240 e. The number of halogens is 1. The van der Waals surface area contributed by atoms with Gasteiger partial charge in [0.15, 0.2) is 0 Å². The normalized spacial score (nSPS) is 13.2. The van der Waals surface area contributed by atoms with Crippen molar-refractivity contribution >= 4 is 17.5 Å². The monoisotopic (exact) mass is 282 g/mol. The van der Waals surface area contributed by atoms with E-state index in [0.717, 1.165) is 5.56 Å². The number of nitrogens with zero attached hydrogens (tertiary/aromatic N) is 1. The van der Waals surface area contributed by atoms with Crippen molar-refractivity contribution in [3.8, 4) is 0 Å². The number of benzene rings is 1. The molecular formula is C15H23ClN2O. The van der Waals surface area contributed by atoms with Crippen molar-refractivity contribution in [3.05, 3.63) is 34.9 Å². The SMILES string of the molecule is CCN(Cc1ccccc1Cl)C(=O)[C@@H](N)C(C)(C)C. The lowest BCUT2D eigenvalue weighted by Gasteiger charge is -2.31. The van der Waals surface area contributed by atoms with Gasteiger partial charge in [0.25, 0.3) is 0 Å². The summed E-state index contributed by atoms with van der Waals surface area (Å²) in [4.78, 5) is 14.1. The van der Waals surface area contributed by atoms with Crippen LogP contribution in [0.2, 0.25) is 5.02 Å². The highest BCUT2D eigenvalue weighted by atomic mass is 35.5. The lowest BCUT2D eigenvalue weighted by atomic mass is 9.86. The lowest BCUT2D eigenvalue weighted by molar-refractivity contribution is -0.135. The number of carbonyl (C=O) groups excluding carboxylic acids is 1. The van der Waals surface area contributed by atoms with E-state index in [1.165, 1.54) is 0 Å². The van der Waals surface area contributed by atoms with Crippen LogP contribution in [-0.2, 0) is 11.3 Å². The number of likely N-dealkylation sites (N-methyl/N-ethyl adjacent to an activating group) is 1. The molecule has 0 saturated heterocycles. The van der Waals surface area contributed by atoms with Gasteiger partial charge in [0, 0.05) is 18.1 Å². The molecule has 0 aliphatic heterocycles. The molecule has 0 fully saturated rings. The van der Waals surface area contributed by atoms with Gasteiger partial charge in [0.2, 0.25) is 5.91 Å². The van der Waals surface area contributed by atoms with Crippen LogP contribution >= 0.6 is 11.6 Å². The Morgan fingerprint density at radius 1 is 1.37 bits per heavy atom. The van der Waals surface area contributed by atoms with E-state index in [1.807, 2.05) is 52.0 Å². The summed E-state index contributed by atoms with van der Waals surface area (Å²) < 4.78 is 0. The van der Waals surface area contributed by atoms with E-state index in [4.69, 9.17) is 17.3 Å². The Labute approximate surface area is 120 Å². The Morgan fingerprint density at radius 2 is 1.95 bits per heavy atom. The maximum Gasteiger partial charge on any atom is 0.240 e. The fraction of sp³-hybridized carbons (Fsp3) is 0.533. The molecule has 0 heterocycles. The molecule has 1 atom stereocenters. The van der Waals surface area contributed by atoms with Gasteiger partial charge in [-0.05, 0) is 24.0 Å². The van der Waals surface area contributed by atoms with Crippen LogP contribution < -0.4 is 5.73 Å². The topological polar surface area (TPSA) is 46.3 Å². The second-order valence-electron chi connectivity index (χ2n) is 5.79. The number of hydrogen-bond acceptors (Lipinski definition) is 2. The van der Waals surface area contributed by atoms with Crippen LogP contribution in [0.3, 0.4) is 0 Å². The summed E-state index contributed by atoms with van der Waals surface area (Å²) in [5.74, 6) is -0.0325. The first-order chi connectivity index (χ1) is 8.77. The van der Waals surface area contributed by atoms with Crippen LogP contribution in [0.4, 0.5) is 0 Å². The van der Waals surface area contributed by atoms with Gasteiger partial charge in [-0.3, -0.25) is 4.79 Å². The number of amides is 1. The van der Waals surface area contributed by atoms with Gasteiger partial charge in [-0.15, -0.1) is 0 Å². The molecule has 19 heavy (non-hydrogen) atoms. The first-order valence-corrected chi connectivity index (χ1v) is 6.93. The van der Waals surface area contributed by atoms with Crippen molar-refractivity contribution in [3.63, 3.8) is 0 Å². The Balaban J connectivity index is 2.85. The summed E-state index contributed by atoms with van der Waals surface area (Å²) in [6, 6.07) is 7.06. The third kappa shape index (κ3) is 4.22. The first kappa shape index (κ1) is 16.0. The summed E-state index contributed by atoms with van der Waals surface area (Å²) in [6.45, 7) is 8.98. The highest BCUT2D eigenvalue weighted by molar-refractivity contribution is 6.31. The summed E-state index contributed by atoms with van der Waals surface area (Å²) in [6.07, 6.45) is 0. The summed E-state index contributed by atoms with van der Waals surface area (Å²) in [7, 11) is 0. The number of carbonyl (C=O) groups is 1. The average Bonchev–Trinajstić information content (AvgIpc) is 2.35. The van der Waals surface area contributed by atoms with E-state index in [2.05, 4.69) is 0 Å². The van der Waals surface area contributed by atoms with Crippen LogP contribution in [0.15, 0.2) is 24.3 Å². The van der Waals surface area contributed by atoms with Gasteiger partial charge in [0.1, 0.15) is 0 Å². The van der Waals surface area contributed by atoms with Gasteiger partial charge in [-0.25, -0.2) is 0 Å². The molecule has 3 nitrogen and oxygen atoms in total. The van der Waals surface area contributed by atoms with Gasteiger partial charge >= 0.3 is 0 Å². The van der Waals surface area contributed by atoms with E-state index in [-0.39, 0.29) is 11.3 Å². The predicted octanol–water partition coefficient (Wildman–Crippen LogP) is 3.06. The zero-order valence-electron chi connectivity index (χ0n) is 12.1. The predicted molar refractivity (Wildman–Crippen MR) is 80.0 cm³/mol. The summed E-state index contributed by atoms with van der Waals surface area (Å²) in [5, 5.41) is 0.679. The van der Waals surface area contributed by atoms with Crippen molar-refractivity contribution in [1.82, 2.24) is 4.90 Å². The molecule has 0 saturated carbocycles. The molecule has 1 aromatic rings. The zero-order chi connectivity index (χ0) is 14.6. The Bertz CT molecular complexity index is 440. The molecular weight excluding hydrogens is 260 g/mol. The second kappa shape index (κ2) is 6.40. The largest absolute Gasteiger partial charge is 0.337 e. The minimum Gasteiger partial charge on any atom is -0.337 e. The molecule has 0 aliphatic rings. The number of nitrogens with two attached hydrogens (primary N) is 1. The van der Waals surface area contributed by atoms with E-state index >= 15 is 0 Å². The van der Waals surface area contributed by atoms with Crippen LogP contribution in [0.1, 0.15) is 33.3 Å². The highest BCUT2D eigenvalue weighted by Crippen LogP contribution is 2.21. The van der Waals surface area contributed by atoms with Crippen molar-refractivity contribution < 1.29 is 4.79 Å². The Hall–Kier alpha value is -1.06. The molecule has 2 N–H and O–H groups in total. The number of hydrogen-bond donors (Lipinski definition) is 1. The Morgan fingerprint density at radius 3 is 2.42 bits per heavy atom. The molecule has 0 aromatic heterocycles. The number of rotatable bonds is 4. The van der Waals surface area contributed by atoms with E-state index in [1.54, 1.807) is 4.90 Å². The molecule has 0 unspecified atom stereocenters. The molecule has 4 heteroatoms. The van der Waals surface area contributed by atoms with Gasteiger partial charge < -0.3 is 10.6 Å². The molecule has 0 spiro atoms. The molecule has 1 amide bonds. The minimum absolute atomic E-state index is 0.0325. The molecule has 1 rings (SSSR count). The lowest BCUT2D eigenvalue weighted by Crippen LogP contribution is -2.50. The zero-order valence-corrected chi connectivity index (χ0v) is 12.9. The van der Waals surface area contributed by atoms with Crippen LogP contribution in [0, 0.1) is 5.41 Å². The van der Waals surface area contributed by atoms with E-state index < -0.39 is 6.04 Å². The van der Waals surface area contributed by atoms with Gasteiger partial charge in [0.05, 0.1) is 6.04 Å². The molecule has 1 aromatic carbocycles. The van der Waals surface area contributed by atoms with E-state index in [9.17, 15) is 4.79 Å². The molecule has 0 aliphatic carbocycles. The second-order valence-corrected chi connectivity index (χ2v) is 6.19.